The number of hydrogen-bond donors (Lipinski definition) is 1. The maximum atomic E-state index is 11.9. The largest absolute Gasteiger partial charge is 0.481 e. The average Bonchev–Trinajstić information content (AvgIpc) is 2.47. The number of carboxylic acid groups (broad SMARTS) is 1. The van der Waals surface area contributed by atoms with Gasteiger partial charge in [0.25, 0.3) is 0 Å². The van der Waals surface area contributed by atoms with Crippen molar-refractivity contribution >= 4 is 33.5 Å². The number of carbonyl (C=O) groups excluding carboxylic acids is 1. The molecule has 0 aromatic heterocycles. The Labute approximate surface area is 143 Å². The van der Waals surface area contributed by atoms with Crippen molar-refractivity contribution in [3.05, 3.63) is 0 Å². The molecule has 136 valence electrons. The molecule has 0 rings (SSSR count). The SMILES string of the molecule is COC(=O)C(C)(C)CCS(=O)CCS(=O)CCC(C)(C)C(=O)O. The molecule has 6 nitrogen and oxygen atoms in total. The highest BCUT2D eigenvalue weighted by Crippen LogP contribution is 2.22. The van der Waals surface area contributed by atoms with Gasteiger partial charge in [-0.15, -0.1) is 0 Å². The van der Waals surface area contributed by atoms with E-state index < -0.39 is 38.4 Å². The third-order valence-electron chi connectivity index (χ3n) is 3.77. The van der Waals surface area contributed by atoms with Gasteiger partial charge in [0.15, 0.2) is 0 Å². The molecule has 0 bridgehead atoms. The third-order valence-corrected chi connectivity index (χ3v) is 6.66. The van der Waals surface area contributed by atoms with Crippen molar-refractivity contribution in [1.82, 2.24) is 0 Å². The van der Waals surface area contributed by atoms with E-state index in [9.17, 15) is 18.0 Å². The van der Waals surface area contributed by atoms with Crippen molar-refractivity contribution in [2.24, 2.45) is 10.8 Å². The van der Waals surface area contributed by atoms with Crippen LogP contribution in [0.5, 0.6) is 0 Å². The van der Waals surface area contributed by atoms with E-state index in [1.807, 2.05) is 0 Å². The number of hydrogen-bond acceptors (Lipinski definition) is 5. The van der Waals surface area contributed by atoms with Crippen LogP contribution in [0.25, 0.3) is 0 Å². The second-order valence-electron chi connectivity index (χ2n) is 6.76. The molecule has 2 atom stereocenters. The van der Waals surface area contributed by atoms with Gasteiger partial charge in [0.05, 0.1) is 17.9 Å². The number of methoxy groups -OCH3 is 1. The van der Waals surface area contributed by atoms with Crippen LogP contribution in [0.3, 0.4) is 0 Å². The second-order valence-corrected chi connectivity index (χ2v) is 10.2. The summed E-state index contributed by atoms with van der Waals surface area (Å²) in [7, 11) is -1.02. The summed E-state index contributed by atoms with van der Waals surface area (Å²) in [5.74, 6) is -0.0559. The van der Waals surface area contributed by atoms with Gasteiger partial charge in [-0.1, -0.05) is 0 Å². The fourth-order valence-electron chi connectivity index (χ4n) is 1.61. The maximum absolute atomic E-state index is 11.9. The van der Waals surface area contributed by atoms with Crippen molar-refractivity contribution in [3.63, 3.8) is 0 Å². The zero-order valence-corrected chi connectivity index (χ0v) is 16.2. The van der Waals surface area contributed by atoms with E-state index in [4.69, 9.17) is 9.84 Å². The molecule has 0 aliphatic rings. The Morgan fingerprint density at radius 3 is 1.61 bits per heavy atom. The summed E-state index contributed by atoms with van der Waals surface area (Å²) in [5.41, 5.74) is -1.59. The normalized spacial score (nSPS) is 15.0. The first-order valence-electron chi connectivity index (χ1n) is 7.44. The van der Waals surface area contributed by atoms with Gasteiger partial charge in [0, 0.05) is 44.6 Å². The summed E-state index contributed by atoms with van der Waals surface area (Å²) in [5, 5.41) is 9.00. The minimum Gasteiger partial charge on any atom is -0.481 e. The summed E-state index contributed by atoms with van der Waals surface area (Å²) < 4.78 is 28.5. The molecular weight excluding hydrogens is 340 g/mol. The number of carboxylic acids is 1. The Bertz CT molecular complexity index is 471. The molecule has 0 saturated carbocycles. The molecule has 0 aromatic carbocycles. The highest BCUT2D eigenvalue weighted by Gasteiger charge is 2.29. The molecule has 0 aromatic rings. The van der Waals surface area contributed by atoms with E-state index in [2.05, 4.69) is 0 Å². The summed E-state index contributed by atoms with van der Waals surface area (Å²) >= 11 is 0. The molecule has 0 aliphatic heterocycles. The fourth-order valence-corrected chi connectivity index (χ4v) is 4.98. The van der Waals surface area contributed by atoms with Crippen LogP contribution in [-0.2, 0) is 35.9 Å². The summed E-state index contributed by atoms with van der Waals surface area (Å²) in [6.45, 7) is 6.67. The summed E-state index contributed by atoms with van der Waals surface area (Å²) in [6, 6.07) is 0. The first kappa shape index (κ1) is 22.2. The van der Waals surface area contributed by atoms with E-state index >= 15 is 0 Å². The van der Waals surface area contributed by atoms with Crippen LogP contribution in [0.4, 0.5) is 0 Å². The van der Waals surface area contributed by atoms with Gasteiger partial charge in [-0.25, -0.2) is 0 Å². The maximum Gasteiger partial charge on any atom is 0.311 e. The molecule has 0 spiro atoms. The van der Waals surface area contributed by atoms with Crippen LogP contribution in [-0.4, -0.2) is 55.6 Å². The standard InChI is InChI=1S/C15H28O6S2/c1-14(2,12(16)17)6-8-22(19)10-11-23(20)9-7-15(3,4)13(18)21-5/h6-11H2,1-5H3,(H,16,17). The van der Waals surface area contributed by atoms with Gasteiger partial charge in [0.2, 0.25) is 0 Å². The highest BCUT2D eigenvalue weighted by atomic mass is 32.2. The molecule has 1 N–H and O–H groups in total. The molecule has 0 amide bonds. The average molecular weight is 369 g/mol. The zero-order chi connectivity index (χ0) is 18.3. The number of aliphatic carboxylic acids is 1. The van der Waals surface area contributed by atoms with Crippen molar-refractivity contribution in [1.29, 1.82) is 0 Å². The molecule has 23 heavy (non-hydrogen) atoms. The quantitative estimate of drug-likeness (QED) is 0.556. The Hall–Kier alpha value is -0.760. The van der Waals surface area contributed by atoms with Crippen LogP contribution in [0.1, 0.15) is 40.5 Å². The predicted octanol–water partition coefficient (Wildman–Crippen LogP) is 1.57. The van der Waals surface area contributed by atoms with Crippen molar-refractivity contribution in [3.8, 4) is 0 Å². The van der Waals surface area contributed by atoms with Gasteiger partial charge >= 0.3 is 11.9 Å². The smallest absolute Gasteiger partial charge is 0.311 e. The zero-order valence-electron chi connectivity index (χ0n) is 14.5. The minimum atomic E-state index is -1.19. The molecule has 0 fully saturated rings. The molecule has 8 heteroatoms. The van der Waals surface area contributed by atoms with Gasteiger partial charge in [-0.3, -0.25) is 18.0 Å². The third kappa shape index (κ3) is 8.60. The van der Waals surface area contributed by atoms with E-state index in [0.29, 0.717) is 18.6 Å². The summed E-state index contributed by atoms with van der Waals surface area (Å²) in [6.07, 6.45) is 0.752. The lowest BCUT2D eigenvalue weighted by atomic mass is 9.91. The molecule has 0 radical (unpaired) electrons. The van der Waals surface area contributed by atoms with E-state index in [1.54, 1.807) is 27.7 Å². The number of ether oxygens (including phenoxy) is 1. The first-order valence-corrected chi connectivity index (χ1v) is 10.4. The lowest BCUT2D eigenvalue weighted by molar-refractivity contribution is -0.150. The molecular formula is C15H28O6S2. The van der Waals surface area contributed by atoms with Gasteiger partial charge in [-0.05, 0) is 40.5 Å². The lowest BCUT2D eigenvalue weighted by Gasteiger charge is -2.20. The molecule has 2 unspecified atom stereocenters. The van der Waals surface area contributed by atoms with Crippen molar-refractivity contribution < 1.29 is 27.9 Å². The molecule has 0 saturated heterocycles. The molecule has 0 aliphatic carbocycles. The second kappa shape index (κ2) is 9.52. The molecule has 0 heterocycles. The van der Waals surface area contributed by atoms with Crippen molar-refractivity contribution in [2.75, 3.05) is 30.1 Å². The van der Waals surface area contributed by atoms with Crippen LogP contribution in [0, 0.1) is 10.8 Å². The lowest BCUT2D eigenvalue weighted by Crippen LogP contribution is -2.28. The Kier molecular flexibility index (Phi) is 9.20. The Morgan fingerprint density at radius 2 is 1.26 bits per heavy atom. The number of esters is 1. The number of carbonyl (C=O) groups is 2. The Morgan fingerprint density at radius 1 is 0.870 bits per heavy atom. The number of rotatable bonds is 11. The monoisotopic (exact) mass is 368 g/mol. The minimum absolute atomic E-state index is 0.279. The van der Waals surface area contributed by atoms with Gasteiger partial charge < -0.3 is 9.84 Å². The van der Waals surface area contributed by atoms with Gasteiger partial charge in [0.1, 0.15) is 0 Å². The van der Waals surface area contributed by atoms with E-state index in [1.165, 1.54) is 7.11 Å². The van der Waals surface area contributed by atoms with E-state index in [-0.39, 0.29) is 23.2 Å². The summed E-state index contributed by atoms with van der Waals surface area (Å²) in [4.78, 5) is 22.5. The van der Waals surface area contributed by atoms with Crippen LogP contribution in [0.15, 0.2) is 0 Å². The fraction of sp³-hybridized carbons (Fsp3) is 0.867. The van der Waals surface area contributed by atoms with Crippen LogP contribution in [0.2, 0.25) is 0 Å². The Balaban J connectivity index is 4.13. The topological polar surface area (TPSA) is 97.7 Å². The van der Waals surface area contributed by atoms with Crippen LogP contribution < -0.4 is 0 Å². The van der Waals surface area contributed by atoms with Crippen LogP contribution >= 0.6 is 0 Å². The van der Waals surface area contributed by atoms with Gasteiger partial charge in [-0.2, -0.15) is 0 Å². The van der Waals surface area contributed by atoms with Crippen molar-refractivity contribution in [2.45, 2.75) is 40.5 Å². The van der Waals surface area contributed by atoms with E-state index in [0.717, 1.165) is 0 Å². The predicted molar refractivity (Wildman–Crippen MR) is 92.2 cm³/mol. The highest BCUT2D eigenvalue weighted by molar-refractivity contribution is 7.88. The first-order chi connectivity index (χ1) is 10.4.